The van der Waals surface area contributed by atoms with Crippen molar-refractivity contribution in [2.45, 2.75) is 25.7 Å². The van der Waals surface area contributed by atoms with E-state index in [0.29, 0.717) is 29.5 Å². The Morgan fingerprint density at radius 1 is 1.36 bits per heavy atom. The normalized spacial score (nSPS) is 17.6. The average Bonchev–Trinajstić information content (AvgIpc) is 2.86. The first-order valence-corrected chi connectivity index (χ1v) is 8.58. The number of amides is 1. The largest absolute Gasteiger partial charge is 0.478 e. The third kappa shape index (κ3) is 3.39. The third-order valence-corrected chi connectivity index (χ3v) is 5.12. The van der Waals surface area contributed by atoms with E-state index in [1.807, 2.05) is 6.07 Å². The Bertz CT molecular complexity index is 831. The molecule has 3 rings (SSSR count). The number of hydrogen-bond donors (Lipinski definition) is 1. The van der Waals surface area contributed by atoms with Crippen molar-refractivity contribution in [3.8, 4) is 0 Å². The molecule has 1 N–H and O–H groups in total. The van der Waals surface area contributed by atoms with Crippen LogP contribution in [0.2, 0.25) is 5.02 Å². The van der Waals surface area contributed by atoms with E-state index in [9.17, 15) is 14.7 Å². The maximum absolute atomic E-state index is 12.9. The van der Waals surface area contributed by atoms with Crippen LogP contribution in [-0.4, -0.2) is 44.8 Å². The Morgan fingerprint density at radius 2 is 2.12 bits per heavy atom. The molecule has 0 saturated carbocycles. The molecule has 0 bridgehead atoms. The second-order valence-corrected chi connectivity index (χ2v) is 6.77. The van der Waals surface area contributed by atoms with Crippen LogP contribution in [0.5, 0.6) is 0 Å². The Balaban J connectivity index is 1.82. The molecule has 1 aliphatic heterocycles. The number of nitrogens with zero attached hydrogens (tertiary/aromatic N) is 3. The number of likely N-dealkylation sites (tertiary alicyclic amines) is 1. The monoisotopic (exact) mass is 361 g/mol. The van der Waals surface area contributed by atoms with Gasteiger partial charge < -0.3 is 10.0 Å². The number of piperidine rings is 1. The minimum absolute atomic E-state index is 0.116. The molecule has 1 atom stereocenters. The molecule has 2 heterocycles. The van der Waals surface area contributed by atoms with E-state index in [-0.39, 0.29) is 17.4 Å². The minimum Gasteiger partial charge on any atom is -0.478 e. The lowest BCUT2D eigenvalue weighted by molar-refractivity contribution is 0.0683. The predicted molar refractivity (Wildman–Crippen MR) is 94.2 cm³/mol. The lowest BCUT2D eigenvalue weighted by atomic mass is 9.89. The SMILES string of the molecule is Cc1nn(C)c(C(=O)N2CCC[C@H](c3cccc(C(=O)O)c3)C2)c1Cl. The number of rotatable bonds is 3. The summed E-state index contributed by atoms with van der Waals surface area (Å²) in [6.07, 6.45) is 1.78. The predicted octanol–water partition coefficient (Wildman–Crippen LogP) is 3.10. The highest BCUT2D eigenvalue weighted by molar-refractivity contribution is 6.34. The maximum Gasteiger partial charge on any atom is 0.335 e. The Hall–Kier alpha value is -2.34. The molecule has 1 aromatic heterocycles. The van der Waals surface area contributed by atoms with E-state index >= 15 is 0 Å². The second-order valence-electron chi connectivity index (χ2n) is 6.39. The molecule has 0 spiro atoms. The van der Waals surface area contributed by atoms with Crippen LogP contribution in [0.15, 0.2) is 24.3 Å². The van der Waals surface area contributed by atoms with Gasteiger partial charge in [-0.25, -0.2) is 4.79 Å². The van der Waals surface area contributed by atoms with Crippen molar-refractivity contribution < 1.29 is 14.7 Å². The highest BCUT2D eigenvalue weighted by Crippen LogP contribution is 2.29. The number of carbonyl (C=O) groups excluding carboxylic acids is 1. The van der Waals surface area contributed by atoms with Crippen LogP contribution in [-0.2, 0) is 7.05 Å². The molecule has 6 nitrogen and oxygen atoms in total. The number of carboxylic acids is 1. The number of hydrogen-bond acceptors (Lipinski definition) is 3. The van der Waals surface area contributed by atoms with Gasteiger partial charge in [0, 0.05) is 26.1 Å². The average molecular weight is 362 g/mol. The lowest BCUT2D eigenvalue weighted by Crippen LogP contribution is -2.40. The van der Waals surface area contributed by atoms with Gasteiger partial charge in [0.2, 0.25) is 0 Å². The van der Waals surface area contributed by atoms with Crippen LogP contribution < -0.4 is 0 Å². The topological polar surface area (TPSA) is 75.4 Å². The van der Waals surface area contributed by atoms with E-state index in [1.165, 1.54) is 4.68 Å². The molecule has 0 radical (unpaired) electrons. The number of aromatic carboxylic acids is 1. The van der Waals surface area contributed by atoms with Gasteiger partial charge in [-0.2, -0.15) is 5.10 Å². The molecule has 1 fully saturated rings. The summed E-state index contributed by atoms with van der Waals surface area (Å²) in [6, 6.07) is 6.95. The molecule has 7 heteroatoms. The van der Waals surface area contributed by atoms with Gasteiger partial charge in [0.1, 0.15) is 5.69 Å². The van der Waals surface area contributed by atoms with Crippen LogP contribution in [0.4, 0.5) is 0 Å². The number of halogens is 1. The number of benzene rings is 1. The molecule has 1 aromatic carbocycles. The number of carbonyl (C=O) groups is 2. The molecule has 25 heavy (non-hydrogen) atoms. The number of carboxylic acid groups (broad SMARTS) is 1. The summed E-state index contributed by atoms with van der Waals surface area (Å²) in [5, 5.41) is 13.8. The van der Waals surface area contributed by atoms with E-state index in [2.05, 4.69) is 5.10 Å². The second kappa shape index (κ2) is 6.88. The van der Waals surface area contributed by atoms with Crippen LogP contribution in [0.1, 0.15) is 50.9 Å². The number of aromatic nitrogens is 2. The highest BCUT2D eigenvalue weighted by Gasteiger charge is 2.29. The van der Waals surface area contributed by atoms with Gasteiger partial charge in [-0.15, -0.1) is 0 Å². The van der Waals surface area contributed by atoms with Gasteiger partial charge >= 0.3 is 5.97 Å². The van der Waals surface area contributed by atoms with Crippen molar-refractivity contribution >= 4 is 23.5 Å². The van der Waals surface area contributed by atoms with E-state index in [4.69, 9.17) is 11.6 Å². The third-order valence-electron chi connectivity index (χ3n) is 4.67. The van der Waals surface area contributed by atoms with Crippen molar-refractivity contribution in [3.05, 3.63) is 51.8 Å². The minimum atomic E-state index is -0.942. The summed E-state index contributed by atoms with van der Waals surface area (Å²) in [7, 11) is 1.71. The van der Waals surface area contributed by atoms with Gasteiger partial charge in [-0.1, -0.05) is 23.7 Å². The van der Waals surface area contributed by atoms with Crippen LogP contribution >= 0.6 is 11.6 Å². The smallest absolute Gasteiger partial charge is 0.335 e. The first-order valence-electron chi connectivity index (χ1n) is 8.20. The summed E-state index contributed by atoms with van der Waals surface area (Å²) in [5.41, 5.74) is 2.25. The standard InChI is InChI=1S/C18H20ClN3O3/c1-11-15(19)16(21(2)20-11)17(23)22-8-4-7-14(10-22)12-5-3-6-13(9-12)18(24)25/h3,5-6,9,14H,4,7-8,10H2,1-2H3,(H,24,25)/t14-/m0/s1. The fraction of sp³-hybridized carbons (Fsp3) is 0.389. The first kappa shape index (κ1) is 17.5. The molecule has 132 valence electrons. The van der Waals surface area contributed by atoms with Crippen LogP contribution in [0.3, 0.4) is 0 Å². The Morgan fingerprint density at radius 3 is 2.76 bits per heavy atom. The molecule has 0 aliphatic carbocycles. The summed E-state index contributed by atoms with van der Waals surface area (Å²) >= 11 is 6.24. The lowest BCUT2D eigenvalue weighted by Gasteiger charge is -2.33. The molecule has 2 aromatic rings. The fourth-order valence-corrected chi connectivity index (χ4v) is 3.61. The first-order chi connectivity index (χ1) is 11.9. The van der Waals surface area contributed by atoms with Gasteiger partial charge in [-0.05, 0) is 37.5 Å². The molecule has 1 amide bonds. The van der Waals surface area contributed by atoms with Crippen molar-refractivity contribution in [2.24, 2.45) is 7.05 Å². The molecule has 1 saturated heterocycles. The molecular weight excluding hydrogens is 342 g/mol. The summed E-state index contributed by atoms with van der Waals surface area (Å²) in [5.74, 6) is -0.958. The zero-order valence-corrected chi connectivity index (χ0v) is 15.0. The Kier molecular flexibility index (Phi) is 4.81. The molecular formula is C18H20ClN3O3. The maximum atomic E-state index is 12.9. The summed E-state index contributed by atoms with van der Waals surface area (Å²) < 4.78 is 1.52. The van der Waals surface area contributed by atoms with E-state index in [1.54, 1.807) is 37.1 Å². The number of aryl methyl sites for hydroxylation is 2. The van der Waals surface area contributed by atoms with Gasteiger partial charge in [0.25, 0.3) is 5.91 Å². The van der Waals surface area contributed by atoms with E-state index in [0.717, 1.165) is 18.4 Å². The molecule has 0 unspecified atom stereocenters. The summed E-state index contributed by atoms with van der Waals surface area (Å²) in [6.45, 7) is 2.98. The zero-order valence-electron chi connectivity index (χ0n) is 14.2. The van der Waals surface area contributed by atoms with Crippen molar-refractivity contribution in [1.29, 1.82) is 0 Å². The summed E-state index contributed by atoms with van der Waals surface area (Å²) in [4.78, 5) is 25.9. The van der Waals surface area contributed by atoms with Crippen molar-refractivity contribution in [2.75, 3.05) is 13.1 Å². The Labute approximate surface area is 151 Å². The fourth-order valence-electron chi connectivity index (χ4n) is 3.37. The highest BCUT2D eigenvalue weighted by atomic mass is 35.5. The van der Waals surface area contributed by atoms with E-state index < -0.39 is 5.97 Å². The van der Waals surface area contributed by atoms with Gasteiger partial charge in [-0.3, -0.25) is 9.48 Å². The van der Waals surface area contributed by atoms with Gasteiger partial charge in [0.05, 0.1) is 16.3 Å². The van der Waals surface area contributed by atoms with Crippen molar-refractivity contribution in [3.63, 3.8) is 0 Å². The van der Waals surface area contributed by atoms with Crippen LogP contribution in [0.25, 0.3) is 0 Å². The van der Waals surface area contributed by atoms with Gasteiger partial charge in [0.15, 0.2) is 0 Å². The zero-order chi connectivity index (χ0) is 18.1. The van der Waals surface area contributed by atoms with Crippen molar-refractivity contribution in [1.82, 2.24) is 14.7 Å². The molecule has 1 aliphatic rings. The quantitative estimate of drug-likeness (QED) is 0.911. The van der Waals surface area contributed by atoms with Crippen LogP contribution in [0, 0.1) is 6.92 Å².